The van der Waals surface area contributed by atoms with E-state index in [1.807, 2.05) is 22.6 Å². The molecule has 0 saturated carbocycles. The molecule has 0 fully saturated rings. The van der Waals surface area contributed by atoms with Crippen LogP contribution in [0, 0.1) is 3.70 Å². The summed E-state index contributed by atoms with van der Waals surface area (Å²) in [7, 11) is 0. The van der Waals surface area contributed by atoms with Crippen LogP contribution in [0.5, 0.6) is 0 Å². The zero-order valence-electron chi connectivity index (χ0n) is 6.82. The fourth-order valence-corrected chi connectivity index (χ4v) is 1.90. The third-order valence-corrected chi connectivity index (χ3v) is 2.50. The Balaban J connectivity index is 2.62. The third kappa shape index (κ3) is 1.73. The number of halogens is 4. The highest BCUT2D eigenvalue weighted by Crippen LogP contribution is 2.31. The number of aromatic amines is 1. The Bertz CT molecular complexity index is 472. The number of aromatic nitrogens is 1. The highest BCUT2D eigenvalue weighted by molar-refractivity contribution is 14.1. The predicted octanol–water partition coefficient (Wildman–Crippen LogP) is 3.79. The minimum atomic E-state index is -4.27. The first-order chi connectivity index (χ1) is 6.47. The fraction of sp³-hybridized carbons (Fsp3) is 0.111. The van der Waals surface area contributed by atoms with E-state index in [1.54, 1.807) is 6.07 Å². The second-order valence-corrected chi connectivity index (χ2v) is 4.08. The van der Waals surface area contributed by atoms with E-state index in [-0.39, 0.29) is 0 Å². The maximum atomic E-state index is 12.3. The number of alkyl halides is 3. The molecule has 2 aromatic rings. The number of fused-ring (bicyclic) bond motifs is 1. The second-order valence-electron chi connectivity index (χ2n) is 2.92. The van der Waals surface area contributed by atoms with Crippen molar-refractivity contribution >= 4 is 33.5 Å². The van der Waals surface area contributed by atoms with Crippen molar-refractivity contribution < 1.29 is 13.2 Å². The number of benzene rings is 1. The van der Waals surface area contributed by atoms with E-state index in [0.717, 1.165) is 21.4 Å². The zero-order chi connectivity index (χ0) is 10.3. The lowest BCUT2D eigenvalue weighted by Gasteiger charge is -2.05. The van der Waals surface area contributed by atoms with Gasteiger partial charge < -0.3 is 4.98 Å². The summed E-state index contributed by atoms with van der Waals surface area (Å²) in [6.07, 6.45) is -4.27. The Morgan fingerprint density at radius 2 is 1.86 bits per heavy atom. The Morgan fingerprint density at radius 3 is 2.50 bits per heavy atom. The molecule has 2 rings (SSSR count). The normalized spacial score (nSPS) is 12.3. The Morgan fingerprint density at radius 1 is 1.14 bits per heavy atom. The summed E-state index contributed by atoms with van der Waals surface area (Å²) < 4.78 is 37.8. The van der Waals surface area contributed by atoms with Crippen LogP contribution in [0.1, 0.15) is 5.56 Å². The van der Waals surface area contributed by atoms with Crippen LogP contribution in [0.2, 0.25) is 0 Å². The van der Waals surface area contributed by atoms with E-state index >= 15 is 0 Å². The van der Waals surface area contributed by atoms with Gasteiger partial charge in [-0.25, -0.2) is 0 Å². The monoisotopic (exact) mass is 311 g/mol. The molecular formula is C9H5F3IN. The first kappa shape index (κ1) is 9.82. The number of rotatable bonds is 0. The van der Waals surface area contributed by atoms with Gasteiger partial charge in [0.25, 0.3) is 0 Å². The molecule has 0 unspecified atom stereocenters. The summed E-state index contributed by atoms with van der Waals surface area (Å²) in [5.74, 6) is 0. The quantitative estimate of drug-likeness (QED) is 0.713. The summed E-state index contributed by atoms with van der Waals surface area (Å²) in [5.41, 5.74) is 0.114. The number of nitrogens with one attached hydrogen (secondary N) is 1. The van der Waals surface area contributed by atoms with Crippen LogP contribution in [-0.2, 0) is 6.18 Å². The van der Waals surface area contributed by atoms with Gasteiger partial charge in [0.05, 0.1) is 9.26 Å². The Kier molecular flexibility index (Phi) is 2.21. The van der Waals surface area contributed by atoms with E-state index in [1.165, 1.54) is 6.07 Å². The fourth-order valence-electron chi connectivity index (χ4n) is 1.27. The minimum Gasteiger partial charge on any atom is -0.350 e. The molecule has 0 amide bonds. The number of hydrogen-bond donors (Lipinski definition) is 1. The first-order valence-electron chi connectivity index (χ1n) is 3.82. The van der Waals surface area contributed by atoms with Gasteiger partial charge in [0, 0.05) is 10.9 Å². The zero-order valence-corrected chi connectivity index (χ0v) is 8.98. The Hall–Kier alpha value is -0.720. The summed E-state index contributed by atoms with van der Waals surface area (Å²) >= 11 is 2.03. The van der Waals surface area contributed by atoms with Gasteiger partial charge in [0.1, 0.15) is 0 Å². The van der Waals surface area contributed by atoms with Crippen molar-refractivity contribution in [2.75, 3.05) is 0 Å². The molecule has 74 valence electrons. The van der Waals surface area contributed by atoms with Gasteiger partial charge in [-0.3, -0.25) is 0 Å². The first-order valence-corrected chi connectivity index (χ1v) is 4.90. The molecule has 0 bridgehead atoms. The molecule has 5 heteroatoms. The molecule has 0 aliphatic rings. The molecule has 0 aliphatic heterocycles. The van der Waals surface area contributed by atoms with E-state index in [4.69, 9.17) is 0 Å². The van der Waals surface area contributed by atoms with Crippen molar-refractivity contribution in [1.29, 1.82) is 0 Å². The minimum absolute atomic E-state index is 0.587. The summed E-state index contributed by atoms with van der Waals surface area (Å²) in [4.78, 5) is 2.96. The lowest BCUT2D eigenvalue weighted by Crippen LogP contribution is -2.03. The van der Waals surface area contributed by atoms with Crippen molar-refractivity contribution in [3.8, 4) is 0 Å². The largest absolute Gasteiger partial charge is 0.416 e. The predicted molar refractivity (Wildman–Crippen MR) is 56.0 cm³/mol. The second kappa shape index (κ2) is 3.15. The van der Waals surface area contributed by atoms with Crippen LogP contribution in [0.25, 0.3) is 10.9 Å². The maximum absolute atomic E-state index is 12.3. The molecule has 1 nitrogen and oxygen atoms in total. The lowest BCUT2D eigenvalue weighted by atomic mass is 10.1. The van der Waals surface area contributed by atoms with Crippen molar-refractivity contribution in [2.45, 2.75) is 6.18 Å². The van der Waals surface area contributed by atoms with E-state index in [2.05, 4.69) is 4.98 Å². The van der Waals surface area contributed by atoms with Gasteiger partial charge >= 0.3 is 6.18 Å². The molecule has 0 radical (unpaired) electrons. The molecule has 0 saturated heterocycles. The van der Waals surface area contributed by atoms with Gasteiger partial charge in [-0.2, -0.15) is 13.2 Å². The van der Waals surface area contributed by atoms with Gasteiger partial charge in [0.2, 0.25) is 0 Å². The summed E-state index contributed by atoms with van der Waals surface area (Å²) in [6.45, 7) is 0. The Labute approximate surface area is 91.4 Å². The van der Waals surface area contributed by atoms with E-state index < -0.39 is 11.7 Å². The lowest BCUT2D eigenvalue weighted by molar-refractivity contribution is -0.137. The van der Waals surface area contributed by atoms with Gasteiger partial charge in [0.15, 0.2) is 0 Å². The van der Waals surface area contributed by atoms with Crippen LogP contribution in [0.15, 0.2) is 24.3 Å². The standard InChI is InChI=1S/C9H5F3IN/c10-9(11,12)6-1-2-7-5(3-6)4-8(13)14-7/h1-4,14H. The smallest absolute Gasteiger partial charge is 0.350 e. The molecule has 1 aromatic heterocycles. The highest BCUT2D eigenvalue weighted by atomic mass is 127. The van der Waals surface area contributed by atoms with E-state index in [0.29, 0.717) is 5.39 Å². The molecule has 0 aliphatic carbocycles. The SMILES string of the molecule is FC(F)(F)c1ccc2[nH]c(I)cc2c1. The summed E-state index contributed by atoms with van der Waals surface area (Å²) in [5, 5.41) is 0.587. The van der Waals surface area contributed by atoms with Crippen LogP contribution >= 0.6 is 22.6 Å². The van der Waals surface area contributed by atoms with Gasteiger partial charge in [-0.15, -0.1) is 0 Å². The molecule has 1 heterocycles. The maximum Gasteiger partial charge on any atom is 0.416 e. The topological polar surface area (TPSA) is 15.8 Å². The number of hydrogen-bond acceptors (Lipinski definition) is 0. The molecule has 0 atom stereocenters. The third-order valence-electron chi connectivity index (χ3n) is 1.92. The van der Waals surface area contributed by atoms with Crippen molar-refractivity contribution in [3.05, 3.63) is 33.5 Å². The van der Waals surface area contributed by atoms with Gasteiger partial charge in [-0.05, 0) is 46.9 Å². The number of H-pyrrole nitrogens is 1. The molecule has 14 heavy (non-hydrogen) atoms. The van der Waals surface area contributed by atoms with Crippen molar-refractivity contribution in [1.82, 2.24) is 4.98 Å². The molecule has 0 spiro atoms. The van der Waals surface area contributed by atoms with Crippen LogP contribution in [0.4, 0.5) is 13.2 Å². The molecule has 1 N–H and O–H groups in total. The summed E-state index contributed by atoms with van der Waals surface area (Å²) in [6, 6.07) is 5.36. The average molecular weight is 311 g/mol. The van der Waals surface area contributed by atoms with Crippen molar-refractivity contribution in [3.63, 3.8) is 0 Å². The molecule has 1 aromatic carbocycles. The molecular weight excluding hydrogens is 306 g/mol. The average Bonchev–Trinajstić information content (AvgIpc) is 2.41. The van der Waals surface area contributed by atoms with Crippen molar-refractivity contribution in [2.24, 2.45) is 0 Å². The highest BCUT2D eigenvalue weighted by Gasteiger charge is 2.30. The van der Waals surface area contributed by atoms with Crippen LogP contribution in [0.3, 0.4) is 0 Å². The van der Waals surface area contributed by atoms with Gasteiger partial charge in [-0.1, -0.05) is 0 Å². The van der Waals surface area contributed by atoms with E-state index in [9.17, 15) is 13.2 Å². The van der Waals surface area contributed by atoms with Crippen LogP contribution < -0.4 is 0 Å². The van der Waals surface area contributed by atoms with Crippen LogP contribution in [-0.4, -0.2) is 4.98 Å².